The van der Waals surface area contributed by atoms with Crippen LogP contribution in [-0.2, 0) is 28.6 Å². The molecule has 0 spiro atoms. The Morgan fingerprint density at radius 1 is 0.328 bits per heavy atom. The lowest BCUT2D eigenvalue weighted by molar-refractivity contribution is -0.167. The lowest BCUT2D eigenvalue weighted by Gasteiger charge is -2.18. The summed E-state index contributed by atoms with van der Waals surface area (Å²) in [6, 6.07) is 0. The van der Waals surface area contributed by atoms with E-state index in [0.717, 1.165) is 141 Å². The van der Waals surface area contributed by atoms with E-state index in [4.69, 9.17) is 14.2 Å². The summed E-state index contributed by atoms with van der Waals surface area (Å²) in [6.07, 6.45) is 69.6. The maximum atomic E-state index is 12.7. The molecule has 0 aliphatic rings. The summed E-state index contributed by atoms with van der Waals surface area (Å²) in [4.78, 5) is 37.7. The molecule has 0 saturated carbocycles. The van der Waals surface area contributed by atoms with Crippen LogP contribution in [0.2, 0.25) is 0 Å². The molecule has 0 aromatic carbocycles. The molecule has 1 unspecified atom stereocenters. The first kappa shape index (κ1) is 60.1. The molecule has 1 atom stereocenters. The molecule has 0 N–H and O–H groups in total. The molecule has 0 aliphatic heterocycles. The Kier molecular flexibility index (Phi) is 48.5. The van der Waals surface area contributed by atoms with Gasteiger partial charge in [-0.3, -0.25) is 14.4 Å². The number of hydrogen-bond acceptors (Lipinski definition) is 6. The van der Waals surface area contributed by atoms with Gasteiger partial charge < -0.3 is 14.2 Å². The Labute approximate surface area is 393 Å². The quantitative estimate of drug-likeness (QED) is 0.0262. The standard InChI is InChI=1S/C58H94O6/c1-4-7-10-13-16-18-20-21-22-23-24-25-26-27-28-29-30-31-32-33-34-35-36-37-38-40-42-45-48-51-57(60)63-54-55(53-62-56(59)50-47-44-41-15-12-9-6-3)64-58(61)52-49-46-43-39-19-17-14-11-8-5-2/h7,10-11,14,16,18,21-22,24-25,27-28,30-31,33-34,36-37,55H,4-6,8-9,12-13,15,17,19-20,23,26,29,32,35,38-54H2,1-3H3/b10-7-,14-11-,18-16-,22-21-,25-24-,28-27-,31-30-,34-33-,37-36-. The van der Waals surface area contributed by atoms with Crippen molar-refractivity contribution in [3.63, 3.8) is 0 Å². The maximum Gasteiger partial charge on any atom is 0.306 e. The first-order chi connectivity index (χ1) is 31.5. The smallest absolute Gasteiger partial charge is 0.306 e. The lowest BCUT2D eigenvalue weighted by atomic mass is 10.1. The highest BCUT2D eigenvalue weighted by Gasteiger charge is 2.19. The van der Waals surface area contributed by atoms with Crippen molar-refractivity contribution in [2.24, 2.45) is 0 Å². The van der Waals surface area contributed by atoms with Crippen LogP contribution in [-0.4, -0.2) is 37.2 Å². The first-order valence-electron chi connectivity index (χ1n) is 25.9. The summed E-state index contributed by atoms with van der Waals surface area (Å²) < 4.78 is 16.6. The number of ether oxygens (including phenoxy) is 3. The Morgan fingerprint density at radius 2 is 0.641 bits per heavy atom. The fourth-order valence-corrected chi connectivity index (χ4v) is 6.63. The van der Waals surface area contributed by atoms with Gasteiger partial charge in [0.2, 0.25) is 0 Å². The molecule has 0 saturated heterocycles. The van der Waals surface area contributed by atoms with Crippen molar-refractivity contribution in [1.82, 2.24) is 0 Å². The zero-order valence-corrected chi connectivity index (χ0v) is 41.3. The second-order valence-electron chi connectivity index (χ2n) is 16.7. The van der Waals surface area contributed by atoms with Gasteiger partial charge in [0.15, 0.2) is 6.10 Å². The van der Waals surface area contributed by atoms with Crippen LogP contribution >= 0.6 is 0 Å². The molecule has 0 aromatic rings. The normalized spacial score (nSPS) is 13.0. The van der Waals surface area contributed by atoms with E-state index >= 15 is 0 Å². The second kappa shape index (κ2) is 51.7. The minimum Gasteiger partial charge on any atom is -0.462 e. The minimum atomic E-state index is -0.789. The van der Waals surface area contributed by atoms with E-state index in [2.05, 4.69) is 130 Å². The number of hydrogen-bond donors (Lipinski definition) is 0. The first-order valence-corrected chi connectivity index (χ1v) is 25.9. The van der Waals surface area contributed by atoms with Crippen molar-refractivity contribution in [3.8, 4) is 0 Å². The van der Waals surface area contributed by atoms with Crippen LogP contribution in [0.4, 0.5) is 0 Å². The number of carbonyl (C=O) groups is 3. The molecule has 6 nitrogen and oxygen atoms in total. The highest BCUT2D eigenvalue weighted by Crippen LogP contribution is 2.13. The zero-order valence-electron chi connectivity index (χ0n) is 41.3. The van der Waals surface area contributed by atoms with Gasteiger partial charge in [0.1, 0.15) is 13.2 Å². The SMILES string of the molecule is CC/C=C\C/C=C\C/C=C\C/C=C\C/C=C\C/C=C\C/C=C\C/C=C\CCCCCCC(=O)OCC(COC(=O)CCCCCCCCC)OC(=O)CCCCCCC/C=C\CCC. The van der Waals surface area contributed by atoms with E-state index in [1.807, 2.05) is 0 Å². The average molecular weight is 887 g/mol. The molecular formula is C58H94O6. The second-order valence-corrected chi connectivity index (χ2v) is 16.7. The third-order valence-electron chi connectivity index (χ3n) is 10.5. The number of esters is 3. The molecule has 0 amide bonds. The summed E-state index contributed by atoms with van der Waals surface area (Å²) >= 11 is 0. The summed E-state index contributed by atoms with van der Waals surface area (Å²) in [5.74, 6) is -0.943. The largest absolute Gasteiger partial charge is 0.462 e. The number of unbranched alkanes of at least 4 members (excludes halogenated alkanes) is 16. The van der Waals surface area contributed by atoms with E-state index in [-0.39, 0.29) is 31.1 Å². The molecule has 0 aliphatic carbocycles. The predicted octanol–water partition coefficient (Wildman–Crippen LogP) is 17.1. The van der Waals surface area contributed by atoms with Crippen molar-refractivity contribution >= 4 is 17.9 Å². The monoisotopic (exact) mass is 887 g/mol. The Hall–Kier alpha value is -3.93. The predicted molar refractivity (Wildman–Crippen MR) is 274 cm³/mol. The van der Waals surface area contributed by atoms with E-state index < -0.39 is 6.10 Å². The van der Waals surface area contributed by atoms with E-state index in [0.29, 0.717) is 19.3 Å². The molecule has 0 heterocycles. The maximum absolute atomic E-state index is 12.7. The Balaban J connectivity index is 4.21. The minimum absolute atomic E-state index is 0.0906. The fraction of sp³-hybridized carbons (Fsp3) is 0.638. The number of allylic oxidation sites excluding steroid dienone is 18. The van der Waals surface area contributed by atoms with E-state index in [1.165, 1.54) is 38.5 Å². The Bertz CT molecular complexity index is 1340. The van der Waals surface area contributed by atoms with Gasteiger partial charge in [-0.2, -0.15) is 0 Å². The molecular weight excluding hydrogens is 793 g/mol. The highest BCUT2D eigenvalue weighted by atomic mass is 16.6. The summed E-state index contributed by atoms with van der Waals surface area (Å²) in [7, 11) is 0. The van der Waals surface area contributed by atoms with Crippen LogP contribution in [0, 0.1) is 0 Å². The molecule has 362 valence electrons. The van der Waals surface area contributed by atoms with Gasteiger partial charge in [0.25, 0.3) is 0 Å². The number of rotatable bonds is 45. The summed E-state index contributed by atoms with van der Waals surface area (Å²) in [5.41, 5.74) is 0. The van der Waals surface area contributed by atoms with Crippen molar-refractivity contribution in [1.29, 1.82) is 0 Å². The molecule has 0 aromatic heterocycles. The van der Waals surface area contributed by atoms with Crippen molar-refractivity contribution in [2.75, 3.05) is 13.2 Å². The van der Waals surface area contributed by atoms with Crippen LogP contribution in [0.5, 0.6) is 0 Å². The summed E-state index contributed by atoms with van der Waals surface area (Å²) in [6.45, 7) is 6.37. The molecule has 0 fully saturated rings. The third kappa shape index (κ3) is 49.1. The van der Waals surface area contributed by atoms with E-state index in [9.17, 15) is 14.4 Å². The Morgan fingerprint density at radius 3 is 1.03 bits per heavy atom. The van der Waals surface area contributed by atoms with Gasteiger partial charge in [-0.25, -0.2) is 0 Å². The van der Waals surface area contributed by atoms with Gasteiger partial charge in [0, 0.05) is 19.3 Å². The van der Waals surface area contributed by atoms with Gasteiger partial charge in [-0.15, -0.1) is 0 Å². The highest BCUT2D eigenvalue weighted by molar-refractivity contribution is 5.71. The van der Waals surface area contributed by atoms with Crippen molar-refractivity contribution < 1.29 is 28.6 Å². The van der Waals surface area contributed by atoms with Crippen LogP contribution in [0.1, 0.15) is 220 Å². The fourth-order valence-electron chi connectivity index (χ4n) is 6.63. The van der Waals surface area contributed by atoms with Gasteiger partial charge in [0.05, 0.1) is 0 Å². The molecule has 0 bridgehead atoms. The molecule has 64 heavy (non-hydrogen) atoms. The molecule has 6 heteroatoms. The van der Waals surface area contributed by atoms with E-state index in [1.54, 1.807) is 0 Å². The lowest BCUT2D eigenvalue weighted by Crippen LogP contribution is -2.30. The van der Waals surface area contributed by atoms with Gasteiger partial charge in [-0.05, 0) is 103 Å². The van der Waals surface area contributed by atoms with Crippen molar-refractivity contribution in [2.45, 2.75) is 226 Å². The van der Waals surface area contributed by atoms with Gasteiger partial charge >= 0.3 is 17.9 Å². The molecule has 0 radical (unpaired) electrons. The van der Waals surface area contributed by atoms with Crippen LogP contribution in [0.25, 0.3) is 0 Å². The third-order valence-corrected chi connectivity index (χ3v) is 10.5. The average Bonchev–Trinajstić information content (AvgIpc) is 3.29. The summed E-state index contributed by atoms with van der Waals surface area (Å²) in [5, 5.41) is 0. The van der Waals surface area contributed by atoms with Crippen molar-refractivity contribution in [3.05, 3.63) is 109 Å². The number of carbonyl (C=O) groups excluding carboxylic acids is 3. The van der Waals surface area contributed by atoms with Gasteiger partial charge in [-0.1, -0.05) is 207 Å². The molecule has 0 rings (SSSR count). The van der Waals surface area contributed by atoms with Crippen LogP contribution < -0.4 is 0 Å². The zero-order chi connectivity index (χ0) is 46.5. The van der Waals surface area contributed by atoms with Crippen LogP contribution in [0.15, 0.2) is 109 Å². The van der Waals surface area contributed by atoms with Crippen LogP contribution in [0.3, 0.4) is 0 Å². The topological polar surface area (TPSA) is 78.9 Å².